The van der Waals surface area contributed by atoms with E-state index in [1.54, 1.807) is 30.3 Å². The maximum Gasteiger partial charge on any atom is 0.287 e. The molecular formula is C20H16FN3O2. The lowest BCUT2D eigenvalue weighted by Gasteiger charge is -2.02. The Morgan fingerprint density at radius 3 is 2.81 bits per heavy atom. The summed E-state index contributed by atoms with van der Waals surface area (Å²) >= 11 is 0. The van der Waals surface area contributed by atoms with Crippen molar-refractivity contribution < 1.29 is 13.6 Å². The molecule has 26 heavy (non-hydrogen) atoms. The molecule has 4 rings (SSSR count). The zero-order chi connectivity index (χ0) is 17.9. The monoisotopic (exact) mass is 349 g/mol. The van der Waals surface area contributed by atoms with Gasteiger partial charge < -0.3 is 14.1 Å². The Balaban J connectivity index is 1.38. The van der Waals surface area contributed by atoms with Crippen molar-refractivity contribution in [3.8, 4) is 11.3 Å². The van der Waals surface area contributed by atoms with Crippen LogP contribution >= 0.6 is 0 Å². The highest BCUT2D eigenvalue weighted by Gasteiger charge is 2.14. The average molecular weight is 349 g/mol. The van der Waals surface area contributed by atoms with Gasteiger partial charge in [0.1, 0.15) is 17.2 Å². The van der Waals surface area contributed by atoms with Gasteiger partial charge in [-0.05, 0) is 36.4 Å². The summed E-state index contributed by atoms with van der Waals surface area (Å²) in [7, 11) is 0. The first-order valence-electron chi connectivity index (χ1n) is 8.26. The molecule has 1 aromatic carbocycles. The lowest BCUT2D eigenvalue weighted by atomic mass is 10.1. The number of hydrogen-bond acceptors (Lipinski definition) is 3. The normalized spacial score (nSPS) is 11.0. The highest BCUT2D eigenvalue weighted by molar-refractivity contribution is 5.92. The van der Waals surface area contributed by atoms with Crippen molar-refractivity contribution in [1.29, 1.82) is 0 Å². The minimum atomic E-state index is -0.388. The Morgan fingerprint density at radius 1 is 1.12 bits per heavy atom. The summed E-state index contributed by atoms with van der Waals surface area (Å²) in [5.41, 5.74) is 2.09. The van der Waals surface area contributed by atoms with Crippen molar-refractivity contribution in [2.45, 2.75) is 6.42 Å². The maximum absolute atomic E-state index is 13.8. The third-order valence-corrected chi connectivity index (χ3v) is 4.05. The summed E-state index contributed by atoms with van der Waals surface area (Å²) in [6.07, 6.45) is 4.47. The minimum absolute atomic E-state index is 0.151. The number of benzene rings is 1. The van der Waals surface area contributed by atoms with Crippen LogP contribution in [0.15, 0.2) is 71.4 Å². The number of amides is 1. The molecule has 0 aliphatic carbocycles. The third-order valence-electron chi connectivity index (χ3n) is 4.05. The minimum Gasteiger partial charge on any atom is -0.451 e. The Bertz CT molecular complexity index is 1030. The third kappa shape index (κ3) is 3.21. The molecule has 4 aromatic rings. The molecule has 6 heteroatoms. The van der Waals surface area contributed by atoms with Gasteiger partial charge in [0.2, 0.25) is 0 Å². The molecule has 3 aromatic heterocycles. The van der Waals surface area contributed by atoms with E-state index in [0.717, 1.165) is 11.3 Å². The first-order chi connectivity index (χ1) is 12.7. The summed E-state index contributed by atoms with van der Waals surface area (Å²) in [5.74, 6) is -0.246. The lowest BCUT2D eigenvalue weighted by Crippen LogP contribution is -2.25. The van der Waals surface area contributed by atoms with Crippen molar-refractivity contribution in [3.05, 3.63) is 84.3 Å². The number of rotatable bonds is 5. The van der Waals surface area contributed by atoms with E-state index in [1.807, 2.05) is 35.0 Å². The van der Waals surface area contributed by atoms with Crippen LogP contribution in [-0.2, 0) is 6.42 Å². The van der Waals surface area contributed by atoms with Crippen LogP contribution in [0.25, 0.3) is 17.0 Å². The quantitative estimate of drug-likeness (QED) is 0.598. The number of halogens is 1. The molecule has 3 heterocycles. The molecule has 0 fully saturated rings. The van der Waals surface area contributed by atoms with E-state index in [9.17, 15) is 9.18 Å². The van der Waals surface area contributed by atoms with E-state index in [1.165, 1.54) is 6.07 Å². The maximum atomic E-state index is 13.8. The van der Waals surface area contributed by atoms with Crippen LogP contribution in [0, 0.1) is 5.82 Å². The van der Waals surface area contributed by atoms with Gasteiger partial charge in [-0.25, -0.2) is 9.37 Å². The topological polar surface area (TPSA) is 59.5 Å². The van der Waals surface area contributed by atoms with E-state index in [0.29, 0.717) is 24.3 Å². The van der Waals surface area contributed by atoms with Gasteiger partial charge in [0.15, 0.2) is 5.76 Å². The molecule has 0 saturated carbocycles. The molecule has 0 aliphatic rings. The molecule has 0 radical (unpaired) electrons. The molecule has 0 atom stereocenters. The largest absolute Gasteiger partial charge is 0.451 e. The summed E-state index contributed by atoms with van der Waals surface area (Å²) < 4.78 is 21.2. The van der Waals surface area contributed by atoms with E-state index in [2.05, 4.69) is 10.3 Å². The summed E-state index contributed by atoms with van der Waals surface area (Å²) in [4.78, 5) is 16.7. The van der Waals surface area contributed by atoms with E-state index >= 15 is 0 Å². The second kappa shape index (κ2) is 6.84. The van der Waals surface area contributed by atoms with Crippen LogP contribution in [0.1, 0.15) is 16.2 Å². The standard InChI is InChI=1S/C20H16FN3O2/c21-16-6-2-1-5-15(16)17-8-9-18(26-17)20(25)22-11-10-14-13-24-12-4-3-7-19(24)23-14/h1-9,12-13H,10-11H2,(H,22,25). The van der Waals surface area contributed by atoms with Crippen molar-refractivity contribution in [2.24, 2.45) is 0 Å². The highest BCUT2D eigenvalue weighted by Crippen LogP contribution is 2.24. The number of aromatic nitrogens is 2. The van der Waals surface area contributed by atoms with E-state index in [-0.39, 0.29) is 17.5 Å². The Hall–Kier alpha value is -3.41. The number of hydrogen-bond donors (Lipinski definition) is 1. The number of pyridine rings is 1. The molecule has 1 N–H and O–H groups in total. The number of carbonyl (C=O) groups excluding carboxylic acids is 1. The molecule has 0 saturated heterocycles. The average Bonchev–Trinajstić information content (AvgIpc) is 3.28. The number of carbonyl (C=O) groups is 1. The van der Waals surface area contributed by atoms with Crippen molar-refractivity contribution >= 4 is 11.6 Å². The predicted octanol–water partition coefficient (Wildman–Crippen LogP) is 3.71. The van der Waals surface area contributed by atoms with Gasteiger partial charge in [-0.2, -0.15) is 0 Å². The zero-order valence-corrected chi connectivity index (χ0v) is 13.9. The number of furan rings is 1. The molecule has 130 valence electrons. The van der Waals surface area contributed by atoms with E-state index in [4.69, 9.17) is 4.42 Å². The predicted molar refractivity (Wildman–Crippen MR) is 95.3 cm³/mol. The van der Waals surface area contributed by atoms with Gasteiger partial charge in [-0.3, -0.25) is 4.79 Å². The SMILES string of the molecule is O=C(NCCc1cn2ccccc2n1)c1ccc(-c2ccccc2F)o1. The molecule has 0 unspecified atom stereocenters. The number of nitrogens with one attached hydrogen (secondary N) is 1. The fourth-order valence-corrected chi connectivity index (χ4v) is 2.76. The van der Waals surface area contributed by atoms with Gasteiger partial charge in [-0.15, -0.1) is 0 Å². The zero-order valence-electron chi connectivity index (χ0n) is 13.9. The number of fused-ring (bicyclic) bond motifs is 1. The number of nitrogens with zero attached hydrogens (tertiary/aromatic N) is 2. The van der Waals surface area contributed by atoms with Gasteiger partial charge in [0, 0.05) is 25.4 Å². The Kier molecular flexibility index (Phi) is 4.23. The highest BCUT2D eigenvalue weighted by atomic mass is 19.1. The first-order valence-corrected chi connectivity index (χ1v) is 8.26. The second-order valence-electron chi connectivity index (χ2n) is 5.85. The lowest BCUT2D eigenvalue weighted by molar-refractivity contribution is 0.0927. The molecule has 0 spiro atoms. The Morgan fingerprint density at radius 2 is 1.96 bits per heavy atom. The van der Waals surface area contributed by atoms with Gasteiger partial charge in [0.25, 0.3) is 5.91 Å². The van der Waals surface area contributed by atoms with Crippen molar-refractivity contribution in [1.82, 2.24) is 14.7 Å². The summed E-state index contributed by atoms with van der Waals surface area (Å²) in [6.45, 7) is 0.429. The van der Waals surface area contributed by atoms with Crippen molar-refractivity contribution in [3.63, 3.8) is 0 Å². The van der Waals surface area contributed by atoms with Crippen LogP contribution in [0.5, 0.6) is 0 Å². The van der Waals surface area contributed by atoms with Crippen LogP contribution in [0.2, 0.25) is 0 Å². The van der Waals surface area contributed by atoms with E-state index < -0.39 is 0 Å². The first kappa shape index (κ1) is 16.1. The molecule has 1 amide bonds. The second-order valence-corrected chi connectivity index (χ2v) is 5.85. The summed E-state index contributed by atoms with van der Waals surface area (Å²) in [6, 6.07) is 15.2. The molecule has 0 aliphatic heterocycles. The fraction of sp³-hybridized carbons (Fsp3) is 0.100. The van der Waals surface area contributed by atoms with Crippen LogP contribution in [0.4, 0.5) is 4.39 Å². The molecule has 5 nitrogen and oxygen atoms in total. The van der Waals surface area contributed by atoms with Crippen molar-refractivity contribution in [2.75, 3.05) is 6.54 Å². The van der Waals surface area contributed by atoms with Crippen LogP contribution in [-0.4, -0.2) is 21.8 Å². The fourth-order valence-electron chi connectivity index (χ4n) is 2.76. The van der Waals surface area contributed by atoms with Crippen LogP contribution < -0.4 is 5.32 Å². The van der Waals surface area contributed by atoms with Crippen LogP contribution in [0.3, 0.4) is 0 Å². The molecular weight excluding hydrogens is 333 g/mol. The Labute approximate surface area is 149 Å². The summed E-state index contributed by atoms with van der Waals surface area (Å²) in [5, 5.41) is 2.80. The van der Waals surface area contributed by atoms with Gasteiger partial charge in [0.05, 0.1) is 11.3 Å². The smallest absolute Gasteiger partial charge is 0.287 e. The van der Waals surface area contributed by atoms with Gasteiger partial charge in [-0.1, -0.05) is 18.2 Å². The molecule has 0 bridgehead atoms. The van der Waals surface area contributed by atoms with Gasteiger partial charge >= 0.3 is 0 Å². The number of imidazole rings is 1.